The van der Waals surface area contributed by atoms with Gasteiger partial charge in [0.2, 0.25) is 0 Å². The average molecular weight is 413 g/mol. The van der Waals surface area contributed by atoms with Crippen LogP contribution in [0.4, 0.5) is 0 Å². The molecule has 0 aliphatic carbocycles. The van der Waals surface area contributed by atoms with Crippen LogP contribution in [0.3, 0.4) is 0 Å². The molecule has 2 fully saturated rings. The van der Waals surface area contributed by atoms with Gasteiger partial charge in [-0.3, -0.25) is 0 Å². The van der Waals surface area contributed by atoms with Crippen LogP contribution in [0.25, 0.3) is 5.57 Å². The van der Waals surface area contributed by atoms with E-state index in [4.69, 9.17) is 9.47 Å². The van der Waals surface area contributed by atoms with Crippen LogP contribution in [0.2, 0.25) is 0 Å². The molecule has 0 saturated carbocycles. The number of allylic oxidation sites excluding steroid dienone is 2. The first-order valence-corrected chi connectivity index (χ1v) is 11.7. The number of nitrogens with zero attached hydrogens (tertiary/aromatic N) is 1. The highest BCUT2D eigenvalue weighted by Crippen LogP contribution is 2.37. The highest BCUT2D eigenvalue weighted by molar-refractivity contribution is 5.73. The summed E-state index contributed by atoms with van der Waals surface area (Å²) in [7, 11) is 3.73. The third-order valence-electron chi connectivity index (χ3n) is 6.62. The third-order valence-corrected chi connectivity index (χ3v) is 6.62. The fourth-order valence-corrected chi connectivity index (χ4v) is 4.79. The van der Waals surface area contributed by atoms with Gasteiger partial charge >= 0.3 is 0 Å². The van der Waals surface area contributed by atoms with E-state index in [9.17, 15) is 0 Å². The Morgan fingerprint density at radius 1 is 1.23 bits per heavy atom. The lowest BCUT2D eigenvalue weighted by Crippen LogP contribution is -2.20. The van der Waals surface area contributed by atoms with Crippen LogP contribution in [0.15, 0.2) is 30.5 Å². The summed E-state index contributed by atoms with van der Waals surface area (Å²) in [5.41, 5.74) is 6.25. The van der Waals surface area contributed by atoms with Gasteiger partial charge in [0, 0.05) is 26.0 Å². The lowest BCUT2D eigenvalue weighted by molar-refractivity contribution is 0.0807. The summed E-state index contributed by atoms with van der Waals surface area (Å²) in [6, 6.07) is 4.61. The second kappa shape index (κ2) is 11.6. The molecule has 2 heterocycles. The molecular formula is C26H40N2O2. The molecule has 0 amide bonds. The van der Waals surface area contributed by atoms with Crippen LogP contribution in [0.1, 0.15) is 55.2 Å². The first kappa shape index (κ1) is 22.9. The molecule has 0 unspecified atom stereocenters. The standard InChI is InChI=1S/C26H40N2O2/c1-20-17-23(9-5-6-12-28-13-7-8-14-28)26(29-4)19-24(20)25(18-21(2)27-3)22-10-15-30-16-11-22/h17-19,22,27H,2,5-16H2,1,3-4H3/b25-18-. The summed E-state index contributed by atoms with van der Waals surface area (Å²) >= 11 is 0. The first-order chi connectivity index (χ1) is 14.6. The molecule has 2 aliphatic rings. The van der Waals surface area contributed by atoms with Gasteiger partial charge in [-0.1, -0.05) is 12.6 Å². The lowest BCUT2D eigenvalue weighted by atomic mass is 9.83. The van der Waals surface area contributed by atoms with Crippen LogP contribution in [-0.2, 0) is 11.2 Å². The molecule has 30 heavy (non-hydrogen) atoms. The van der Waals surface area contributed by atoms with Crippen molar-refractivity contribution in [1.29, 1.82) is 0 Å². The molecule has 166 valence electrons. The second-order valence-electron chi connectivity index (χ2n) is 8.75. The maximum absolute atomic E-state index is 5.84. The molecule has 0 radical (unpaired) electrons. The highest BCUT2D eigenvalue weighted by Gasteiger charge is 2.22. The van der Waals surface area contributed by atoms with Crippen molar-refractivity contribution in [1.82, 2.24) is 10.2 Å². The molecular weight excluding hydrogens is 372 g/mol. The Morgan fingerprint density at radius 3 is 2.63 bits per heavy atom. The topological polar surface area (TPSA) is 33.7 Å². The number of likely N-dealkylation sites (tertiary alicyclic amines) is 1. The highest BCUT2D eigenvalue weighted by atomic mass is 16.5. The average Bonchev–Trinajstić information content (AvgIpc) is 3.29. The summed E-state index contributed by atoms with van der Waals surface area (Å²) in [4.78, 5) is 2.60. The third kappa shape index (κ3) is 6.12. The normalized spacial score (nSPS) is 18.6. The quantitative estimate of drug-likeness (QED) is 0.435. The van der Waals surface area contributed by atoms with Crippen molar-refractivity contribution in [3.05, 3.63) is 47.2 Å². The van der Waals surface area contributed by atoms with E-state index in [0.717, 1.165) is 43.9 Å². The minimum absolute atomic E-state index is 0.499. The molecule has 4 nitrogen and oxygen atoms in total. The molecule has 0 aromatic heterocycles. The zero-order valence-corrected chi connectivity index (χ0v) is 19.3. The molecule has 1 N–H and O–H groups in total. The summed E-state index contributed by atoms with van der Waals surface area (Å²) < 4.78 is 11.4. The van der Waals surface area contributed by atoms with Crippen molar-refractivity contribution in [3.63, 3.8) is 0 Å². The van der Waals surface area contributed by atoms with Gasteiger partial charge in [-0.25, -0.2) is 0 Å². The summed E-state index contributed by atoms with van der Waals surface area (Å²) in [6.45, 7) is 11.9. The van der Waals surface area contributed by atoms with Gasteiger partial charge < -0.3 is 19.7 Å². The fraction of sp³-hybridized carbons (Fsp3) is 0.615. The molecule has 0 bridgehead atoms. The van der Waals surface area contributed by atoms with Gasteiger partial charge in [-0.05, 0) is 112 Å². The summed E-state index contributed by atoms with van der Waals surface area (Å²) in [5.74, 6) is 1.52. The van der Waals surface area contributed by atoms with Crippen LogP contribution in [-0.4, -0.2) is 51.9 Å². The zero-order chi connectivity index (χ0) is 21.3. The van der Waals surface area contributed by atoms with E-state index in [1.165, 1.54) is 67.6 Å². The maximum atomic E-state index is 5.84. The van der Waals surface area contributed by atoms with Crippen molar-refractivity contribution in [2.75, 3.05) is 47.0 Å². The van der Waals surface area contributed by atoms with Crippen molar-refractivity contribution < 1.29 is 9.47 Å². The van der Waals surface area contributed by atoms with E-state index in [2.05, 4.69) is 41.9 Å². The fourth-order valence-electron chi connectivity index (χ4n) is 4.79. The van der Waals surface area contributed by atoms with Gasteiger partial charge in [-0.2, -0.15) is 0 Å². The number of unbranched alkanes of at least 4 members (excludes halogenated alkanes) is 1. The molecule has 3 rings (SSSR count). The number of ether oxygens (including phenoxy) is 2. The molecule has 4 heteroatoms. The Balaban J connectivity index is 1.75. The minimum Gasteiger partial charge on any atom is -0.496 e. The number of hydrogen-bond acceptors (Lipinski definition) is 4. The SMILES string of the molecule is C=C(/C=C(\c1cc(OC)c(CCCCN2CCCC2)cc1C)C1CCOCC1)NC. The predicted molar refractivity (Wildman–Crippen MR) is 126 cm³/mol. The number of benzene rings is 1. The van der Waals surface area contributed by atoms with E-state index in [-0.39, 0.29) is 0 Å². The van der Waals surface area contributed by atoms with Crippen LogP contribution in [0.5, 0.6) is 5.75 Å². The molecule has 1 aromatic rings. The Morgan fingerprint density at radius 2 is 1.97 bits per heavy atom. The van der Waals surface area contributed by atoms with Crippen LogP contribution in [0, 0.1) is 12.8 Å². The van der Waals surface area contributed by atoms with Gasteiger partial charge in [0.25, 0.3) is 0 Å². The van der Waals surface area contributed by atoms with Crippen molar-refractivity contribution in [3.8, 4) is 5.75 Å². The van der Waals surface area contributed by atoms with Crippen LogP contribution < -0.4 is 10.1 Å². The Hall–Kier alpha value is -1.78. The van der Waals surface area contributed by atoms with Crippen molar-refractivity contribution in [2.24, 2.45) is 5.92 Å². The molecule has 2 aliphatic heterocycles. The van der Waals surface area contributed by atoms with E-state index >= 15 is 0 Å². The number of methoxy groups -OCH3 is 1. The van der Waals surface area contributed by atoms with Gasteiger partial charge in [-0.15, -0.1) is 0 Å². The lowest BCUT2D eigenvalue weighted by Gasteiger charge is -2.27. The number of nitrogens with one attached hydrogen (secondary N) is 1. The van der Waals surface area contributed by atoms with Gasteiger partial charge in [0.15, 0.2) is 0 Å². The van der Waals surface area contributed by atoms with E-state index in [1.54, 1.807) is 7.11 Å². The largest absolute Gasteiger partial charge is 0.496 e. The van der Waals surface area contributed by atoms with Crippen molar-refractivity contribution >= 4 is 5.57 Å². The molecule has 2 saturated heterocycles. The number of likely N-dealkylation sites (N-methyl/N-ethyl adjacent to an activating group) is 1. The Labute approximate surface area is 183 Å². The monoisotopic (exact) mass is 412 g/mol. The summed E-state index contributed by atoms with van der Waals surface area (Å²) in [6.07, 6.45) is 10.6. The smallest absolute Gasteiger partial charge is 0.122 e. The minimum atomic E-state index is 0.499. The number of rotatable bonds is 10. The second-order valence-corrected chi connectivity index (χ2v) is 8.75. The number of aryl methyl sites for hydroxylation is 2. The Kier molecular flexibility index (Phi) is 8.83. The van der Waals surface area contributed by atoms with E-state index in [0.29, 0.717) is 5.92 Å². The molecule has 0 atom stereocenters. The summed E-state index contributed by atoms with van der Waals surface area (Å²) in [5, 5.41) is 3.18. The molecule has 0 spiro atoms. The maximum Gasteiger partial charge on any atom is 0.122 e. The van der Waals surface area contributed by atoms with Gasteiger partial charge in [0.05, 0.1) is 7.11 Å². The predicted octanol–water partition coefficient (Wildman–Crippen LogP) is 4.97. The first-order valence-electron chi connectivity index (χ1n) is 11.7. The van der Waals surface area contributed by atoms with E-state index < -0.39 is 0 Å². The zero-order valence-electron chi connectivity index (χ0n) is 19.3. The number of hydrogen-bond donors (Lipinski definition) is 1. The van der Waals surface area contributed by atoms with Crippen LogP contribution >= 0.6 is 0 Å². The van der Waals surface area contributed by atoms with E-state index in [1.807, 2.05) is 7.05 Å². The Bertz CT molecular complexity index is 729. The van der Waals surface area contributed by atoms with Gasteiger partial charge in [0.1, 0.15) is 5.75 Å². The molecule has 1 aromatic carbocycles. The van der Waals surface area contributed by atoms with Crippen molar-refractivity contribution in [2.45, 2.75) is 51.9 Å².